The van der Waals surface area contributed by atoms with E-state index in [-0.39, 0.29) is 25.6 Å². The fourth-order valence-electron chi connectivity index (χ4n) is 4.44. The number of fused-ring (bicyclic) bond motifs is 1. The van der Waals surface area contributed by atoms with Crippen molar-refractivity contribution >= 4 is 41.4 Å². The topological polar surface area (TPSA) is 282 Å². The number of nitrogens with two attached hydrogens (primary N) is 2. The molecular weight excluding hydrogens is 621 g/mol. The molecule has 1 aromatic carbocycles. The van der Waals surface area contributed by atoms with Crippen LogP contribution < -0.4 is 11.5 Å². The summed E-state index contributed by atoms with van der Waals surface area (Å²) in [5.74, 6) is 5.75. The van der Waals surface area contributed by atoms with Gasteiger partial charge in [-0.25, -0.2) is 23.7 Å². The molecule has 1 fully saturated rings. The van der Waals surface area contributed by atoms with E-state index in [1.807, 2.05) is 31.2 Å². The van der Waals surface area contributed by atoms with Crippen LogP contribution in [0.5, 0.6) is 0 Å². The maximum atomic E-state index is 12.0. The van der Waals surface area contributed by atoms with Crippen LogP contribution in [0.4, 0.5) is 0 Å². The van der Waals surface area contributed by atoms with E-state index in [0.29, 0.717) is 11.5 Å². The van der Waals surface area contributed by atoms with Crippen molar-refractivity contribution in [3.8, 4) is 11.8 Å². The Bertz CT molecular complexity index is 1490. The minimum atomic E-state index is -5.69. The second-order valence-corrected chi connectivity index (χ2v) is 13.7. The van der Waals surface area contributed by atoms with Gasteiger partial charge in [0.25, 0.3) is 0 Å². The third kappa shape index (κ3) is 7.67. The summed E-state index contributed by atoms with van der Waals surface area (Å²) in [7, 11) is -16.6. The number of hydrogen-bond acceptors (Lipinski definition) is 14. The number of aliphatic imine (C=N–C) groups is 3. The second kappa shape index (κ2) is 12.4. The lowest BCUT2D eigenvalue weighted by Gasteiger charge is -2.35. The molecule has 3 heterocycles. The van der Waals surface area contributed by atoms with Crippen molar-refractivity contribution < 1.29 is 56.3 Å². The van der Waals surface area contributed by atoms with Gasteiger partial charge in [-0.2, -0.15) is 8.62 Å². The fourth-order valence-corrected chi connectivity index (χ4v) is 7.47. The molecule has 4 rings (SSSR count). The summed E-state index contributed by atoms with van der Waals surface area (Å²) in [5.41, 5.74) is 13.0. The smallest absolute Gasteiger partial charge is 0.390 e. The summed E-state index contributed by atoms with van der Waals surface area (Å²) in [6.07, 6.45) is -1.98. The van der Waals surface area contributed by atoms with Gasteiger partial charge < -0.3 is 45.8 Å². The molecule has 9 N–H and O–H groups in total. The van der Waals surface area contributed by atoms with E-state index in [9.17, 15) is 28.6 Å². The van der Waals surface area contributed by atoms with Gasteiger partial charge in [0.2, 0.25) is 0 Å². The van der Waals surface area contributed by atoms with E-state index < -0.39 is 54.2 Å². The molecule has 0 amide bonds. The predicted octanol–water partition coefficient (Wildman–Crippen LogP) is -0.271. The fraction of sp³-hybridized carbons (Fsp3) is 0.476. The number of benzene rings is 1. The van der Waals surface area contributed by atoms with Crippen LogP contribution in [0.25, 0.3) is 0 Å². The number of hydrogen-bond donors (Lipinski definition) is 7. The lowest BCUT2D eigenvalue weighted by atomic mass is 9.83. The normalized spacial score (nSPS) is 29.0. The Hall–Kier alpha value is -2.16. The van der Waals surface area contributed by atoms with Crippen molar-refractivity contribution in [1.82, 2.24) is 4.90 Å². The first kappa shape index (κ1) is 32.7. The van der Waals surface area contributed by atoms with Crippen LogP contribution in [0, 0.1) is 11.8 Å². The Balaban J connectivity index is 1.40. The highest BCUT2D eigenvalue weighted by molar-refractivity contribution is 7.66. The molecule has 18 nitrogen and oxygen atoms in total. The van der Waals surface area contributed by atoms with Crippen LogP contribution in [0.15, 0.2) is 39.2 Å². The highest BCUT2D eigenvalue weighted by atomic mass is 31.3. The molecule has 0 spiro atoms. The van der Waals surface area contributed by atoms with Gasteiger partial charge in [0.1, 0.15) is 31.1 Å². The summed E-state index contributed by atoms with van der Waals surface area (Å²) in [4.78, 5) is 51.2. The highest BCUT2D eigenvalue weighted by Gasteiger charge is 2.49. The third-order valence-electron chi connectivity index (χ3n) is 6.47. The molecule has 3 aliphatic heterocycles. The predicted molar refractivity (Wildman–Crippen MR) is 147 cm³/mol. The van der Waals surface area contributed by atoms with Crippen LogP contribution in [0.1, 0.15) is 30.4 Å². The number of phosphoric ester groups is 1. The largest absolute Gasteiger partial charge is 0.490 e. The van der Waals surface area contributed by atoms with Gasteiger partial charge in [-0.05, 0) is 17.7 Å². The Morgan fingerprint density at radius 1 is 1.17 bits per heavy atom. The summed E-state index contributed by atoms with van der Waals surface area (Å²) >= 11 is 0. The molecule has 0 radical (unpaired) electrons. The van der Waals surface area contributed by atoms with Gasteiger partial charge in [-0.3, -0.25) is 9.52 Å². The van der Waals surface area contributed by atoms with Gasteiger partial charge in [-0.15, -0.1) is 0 Å². The lowest BCUT2D eigenvalue weighted by molar-refractivity contribution is -0.0550. The van der Waals surface area contributed by atoms with Crippen molar-refractivity contribution in [1.29, 1.82) is 0 Å². The van der Waals surface area contributed by atoms with Crippen molar-refractivity contribution in [2.24, 2.45) is 26.4 Å². The zero-order valence-corrected chi connectivity index (χ0v) is 24.6. The quantitative estimate of drug-likeness (QED) is 0.127. The van der Waals surface area contributed by atoms with E-state index in [2.05, 4.69) is 40.0 Å². The molecule has 230 valence electrons. The monoisotopic (exact) mass is 650 g/mol. The molecular formula is C21H29N6O12P3. The van der Waals surface area contributed by atoms with Crippen LogP contribution in [-0.4, -0.2) is 91.4 Å². The second-order valence-electron chi connectivity index (χ2n) is 9.31. The maximum Gasteiger partial charge on any atom is 0.490 e. The van der Waals surface area contributed by atoms with Crippen LogP contribution >= 0.6 is 23.5 Å². The van der Waals surface area contributed by atoms with E-state index >= 15 is 0 Å². The highest BCUT2D eigenvalue weighted by Crippen LogP contribution is 2.66. The number of aliphatic hydroxyl groups excluding tert-OH is 1. The number of aliphatic hydroxyl groups is 1. The van der Waals surface area contributed by atoms with E-state index in [4.69, 9.17) is 26.0 Å². The number of phosphoric acid groups is 3. The Morgan fingerprint density at radius 2 is 1.86 bits per heavy atom. The van der Waals surface area contributed by atoms with Gasteiger partial charge in [-0.1, -0.05) is 30.9 Å². The molecule has 0 aromatic heterocycles. The van der Waals surface area contributed by atoms with Crippen LogP contribution in [0.3, 0.4) is 0 Å². The number of rotatable bonds is 10. The first-order chi connectivity index (χ1) is 19.5. The molecule has 0 bridgehead atoms. The molecule has 0 aliphatic carbocycles. The van der Waals surface area contributed by atoms with Crippen molar-refractivity contribution in [3.05, 3.63) is 35.4 Å². The molecule has 1 aromatic rings. The molecule has 7 atom stereocenters. The van der Waals surface area contributed by atoms with Crippen molar-refractivity contribution in [2.75, 3.05) is 19.8 Å². The zero-order valence-electron chi connectivity index (χ0n) is 21.9. The number of nitrogens with zero attached hydrogens (tertiary/aromatic N) is 4. The van der Waals surface area contributed by atoms with Crippen molar-refractivity contribution in [3.63, 3.8) is 0 Å². The molecule has 4 unspecified atom stereocenters. The Kier molecular flexibility index (Phi) is 9.71. The van der Waals surface area contributed by atoms with Crippen LogP contribution in [0.2, 0.25) is 0 Å². The Labute approximate surface area is 239 Å². The average molecular weight is 650 g/mol. The van der Waals surface area contributed by atoms with Gasteiger partial charge in [0.15, 0.2) is 11.5 Å². The molecule has 1 saturated heterocycles. The first-order valence-electron chi connectivity index (χ1n) is 12.2. The lowest BCUT2D eigenvalue weighted by Crippen LogP contribution is -2.56. The molecule has 3 aliphatic rings. The molecule has 21 heteroatoms. The summed E-state index contributed by atoms with van der Waals surface area (Å²) in [5, 5.41) is 10.5. The minimum absolute atomic E-state index is 0.0121. The van der Waals surface area contributed by atoms with Gasteiger partial charge in [0.05, 0.1) is 19.3 Å². The summed E-state index contributed by atoms with van der Waals surface area (Å²) in [6, 6.07) is 7.45. The first-order valence-corrected chi connectivity index (χ1v) is 16.7. The standard InChI is InChI=1S/C21H29N6O12P3/c1-13(15-6-4-14(5-7-15)3-2-8-22)21(23)19-20(24-11-26-21)27(12-25-19)18-9-16(28)17(37-18)10-36-41(32,33)39-42(34,35)38-40(29,30)31/h4-7,11,13,16-18,28H,8-10,12,22-23H2,1H3,(H,32,33)(H,34,35)(H2,29,30,31)/t13?,16-,17+,18+,21?/m0/s1. The number of amidine groups is 1. The molecule has 42 heavy (non-hydrogen) atoms. The van der Waals surface area contributed by atoms with Gasteiger partial charge in [0, 0.05) is 17.9 Å². The third-order valence-corrected chi connectivity index (χ3v) is 10.3. The summed E-state index contributed by atoms with van der Waals surface area (Å²) in [6.45, 7) is 1.38. The van der Waals surface area contributed by atoms with E-state index in [0.717, 1.165) is 11.1 Å². The molecule has 0 saturated carbocycles. The van der Waals surface area contributed by atoms with Crippen LogP contribution in [-0.2, 0) is 31.6 Å². The van der Waals surface area contributed by atoms with Crippen molar-refractivity contribution in [2.45, 2.75) is 43.4 Å². The number of ether oxygens (including phenoxy) is 1. The minimum Gasteiger partial charge on any atom is -0.390 e. The van der Waals surface area contributed by atoms with E-state index in [1.54, 1.807) is 4.90 Å². The average Bonchev–Trinajstić information content (AvgIpc) is 3.48. The van der Waals surface area contributed by atoms with Gasteiger partial charge >= 0.3 is 23.5 Å². The SMILES string of the molecule is CC(c1ccc(C#CCN)cc1)C1(N)N=CN=C2C1=NCN2[C@H]1C[C@H](O)[C@@H](COP(=O)(O)OP(=O)(O)OP(=O)(O)O)O1. The zero-order chi connectivity index (χ0) is 30.9. The van der Waals surface area contributed by atoms with E-state index in [1.165, 1.54) is 6.34 Å². The summed E-state index contributed by atoms with van der Waals surface area (Å²) < 4.78 is 52.1. The Morgan fingerprint density at radius 3 is 2.50 bits per heavy atom. The maximum absolute atomic E-state index is 12.0.